The summed E-state index contributed by atoms with van der Waals surface area (Å²) in [6.45, 7) is 5.64. The lowest BCUT2D eigenvalue weighted by Gasteiger charge is -2.08. The molecule has 0 unspecified atom stereocenters. The summed E-state index contributed by atoms with van der Waals surface area (Å²) in [5, 5.41) is 6.21. The Morgan fingerprint density at radius 3 is 2.65 bits per heavy atom. The van der Waals surface area contributed by atoms with Crippen molar-refractivity contribution in [3.8, 4) is 0 Å². The number of hydrogen-bond donors (Lipinski definition) is 2. The van der Waals surface area contributed by atoms with Gasteiger partial charge in [-0.3, -0.25) is 4.79 Å². The zero-order valence-electron chi connectivity index (χ0n) is 13.9. The Morgan fingerprint density at radius 1 is 1.13 bits per heavy atom. The molecule has 4 nitrogen and oxygen atoms in total. The van der Waals surface area contributed by atoms with Gasteiger partial charge in [0.2, 0.25) is 0 Å². The Morgan fingerprint density at radius 2 is 1.91 bits per heavy atom. The first-order valence-corrected chi connectivity index (χ1v) is 8.22. The van der Waals surface area contributed by atoms with Crippen LogP contribution in [0.15, 0.2) is 42.6 Å². The summed E-state index contributed by atoms with van der Waals surface area (Å²) in [4.78, 5) is 16.5. The van der Waals surface area contributed by atoms with Crippen LogP contribution < -0.4 is 10.6 Å². The Bertz CT molecular complexity index is 623. The fourth-order valence-electron chi connectivity index (χ4n) is 2.25. The van der Waals surface area contributed by atoms with Gasteiger partial charge in [-0.2, -0.15) is 0 Å². The van der Waals surface area contributed by atoms with Crippen LogP contribution in [0.4, 0.5) is 5.82 Å². The van der Waals surface area contributed by atoms with Gasteiger partial charge in [0.25, 0.3) is 5.91 Å². The van der Waals surface area contributed by atoms with Crippen molar-refractivity contribution in [2.75, 3.05) is 11.9 Å². The molecule has 1 aromatic carbocycles. The monoisotopic (exact) mass is 311 g/mol. The fraction of sp³-hybridized carbons (Fsp3) is 0.368. The Hall–Kier alpha value is -2.36. The van der Waals surface area contributed by atoms with Crippen molar-refractivity contribution < 1.29 is 4.79 Å². The van der Waals surface area contributed by atoms with Gasteiger partial charge in [0.1, 0.15) is 5.82 Å². The van der Waals surface area contributed by atoms with Crippen LogP contribution in [-0.4, -0.2) is 17.4 Å². The molecule has 23 heavy (non-hydrogen) atoms. The Kier molecular flexibility index (Phi) is 6.60. The highest BCUT2D eigenvalue weighted by molar-refractivity contribution is 5.94. The number of rotatable bonds is 8. The van der Waals surface area contributed by atoms with Gasteiger partial charge >= 0.3 is 0 Å². The van der Waals surface area contributed by atoms with Crippen LogP contribution in [0.2, 0.25) is 0 Å². The van der Waals surface area contributed by atoms with E-state index in [1.54, 1.807) is 18.3 Å². The molecule has 0 saturated heterocycles. The first kappa shape index (κ1) is 17.0. The summed E-state index contributed by atoms with van der Waals surface area (Å²) in [5.41, 5.74) is 2.94. The lowest BCUT2D eigenvalue weighted by molar-refractivity contribution is 0.0951. The molecule has 2 rings (SSSR count). The molecule has 1 heterocycles. The third kappa shape index (κ3) is 5.74. The van der Waals surface area contributed by atoms with E-state index in [1.165, 1.54) is 18.4 Å². The summed E-state index contributed by atoms with van der Waals surface area (Å²) in [6.07, 6.45) is 5.17. The van der Waals surface area contributed by atoms with E-state index in [0.717, 1.165) is 24.3 Å². The van der Waals surface area contributed by atoms with E-state index in [4.69, 9.17) is 0 Å². The highest BCUT2D eigenvalue weighted by Gasteiger charge is 2.06. The zero-order chi connectivity index (χ0) is 16.5. The predicted octanol–water partition coefficient (Wildman–Crippen LogP) is 3.92. The normalized spacial score (nSPS) is 10.3. The minimum Gasteiger partial charge on any atom is -0.370 e. The van der Waals surface area contributed by atoms with E-state index in [1.807, 2.05) is 31.2 Å². The van der Waals surface area contributed by atoms with Crippen LogP contribution in [0, 0.1) is 6.92 Å². The smallest absolute Gasteiger partial charge is 0.251 e. The highest BCUT2D eigenvalue weighted by atomic mass is 16.1. The number of benzene rings is 1. The van der Waals surface area contributed by atoms with Gasteiger partial charge in [0.15, 0.2) is 0 Å². The first-order chi connectivity index (χ1) is 11.2. The molecule has 1 amide bonds. The summed E-state index contributed by atoms with van der Waals surface area (Å²) in [6, 6.07) is 11.7. The molecule has 122 valence electrons. The van der Waals surface area contributed by atoms with E-state index in [9.17, 15) is 4.79 Å². The number of amides is 1. The Balaban J connectivity index is 1.87. The van der Waals surface area contributed by atoms with Crippen molar-refractivity contribution in [1.82, 2.24) is 10.3 Å². The lowest BCUT2D eigenvalue weighted by atomic mass is 10.1. The number of carbonyl (C=O) groups is 1. The van der Waals surface area contributed by atoms with E-state index < -0.39 is 0 Å². The van der Waals surface area contributed by atoms with Crippen molar-refractivity contribution in [3.05, 3.63) is 59.3 Å². The number of nitrogens with one attached hydrogen (secondary N) is 2. The van der Waals surface area contributed by atoms with Crippen LogP contribution >= 0.6 is 0 Å². The highest BCUT2D eigenvalue weighted by Crippen LogP contribution is 2.08. The number of aromatic nitrogens is 1. The standard InChI is InChI=1S/C19H25N3O/c1-3-4-5-11-20-18-13-17(10-12-21-18)19(23)22-14-16-8-6-15(2)7-9-16/h6-10,12-13H,3-5,11,14H2,1-2H3,(H,20,21)(H,22,23). The van der Waals surface area contributed by atoms with Crippen molar-refractivity contribution in [2.45, 2.75) is 39.7 Å². The predicted molar refractivity (Wildman–Crippen MR) is 94.6 cm³/mol. The molecule has 1 aromatic heterocycles. The third-order valence-corrected chi connectivity index (χ3v) is 3.68. The molecule has 0 saturated carbocycles. The van der Waals surface area contributed by atoms with Gasteiger partial charge in [-0.05, 0) is 31.0 Å². The van der Waals surface area contributed by atoms with Crippen molar-refractivity contribution >= 4 is 11.7 Å². The molecule has 0 aliphatic rings. The molecule has 0 bridgehead atoms. The number of unbranched alkanes of at least 4 members (excludes halogenated alkanes) is 2. The van der Waals surface area contributed by atoms with Crippen LogP contribution in [-0.2, 0) is 6.54 Å². The quantitative estimate of drug-likeness (QED) is 0.726. The summed E-state index contributed by atoms with van der Waals surface area (Å²) < 4.78 is 0. The fourth-order valence-corrected chi connectivity index (χ4v) is 2.25. The average Bonchev–Trinajstić information content (AvgIpc) is 2.58. The maximum atomic E-state index is 12.2. The number of carbonyl (C=O) groups excluding carboxylic acids is 1. The Labute approximate surface area is 138 Å². The van der Waals surface area contributed by atoms with Crippen LogP contribution in [0.3, 0.4) is 0 Å². The maximum absolute atomic E-state index is 12.2. The number of hydrogen-bond acceptors (Lipinski definition) is 3. The van der Waals surface area contributed by atoms with E-state index in [0.29, 0.717) is 12.1 Å². The maximum Gasteiger partial charge on any atom is 0.251 e. The number of aryl methyl sites for hydroxylation is 1. The largest absolute Gasteiger partial charge is 0.370 e. The SMILES string of the molecule is CCCCCNc1cc(C(=O)NCc2ccc(C)cc2)ccn1. The molecule has 0 radical (unpaired) electrons. The van der Waals surface area contributed by atoms with Gasteiger partial charge in [-0.15, -0.1) is 0 Å². The van der Waals surface area contributed by atoms with Gasteiger partial charge in [-0.25, -0.2) is 4.98 Å². The number of anilines is 1. The van der Waals surface area contributed by atoms with Crippen LogP contribution in [0.25, 0.3) is 0 Å². The van der Waals surface area contributed by atoms with Crippen LogP contribution in [0.5, 0.6) is 0 Å². The van der Waals surface area contributed by atoms with E-state index in [-0.39, 0.29) is 5.91 Å². The van der Waals surface area contributed by atoms with E-state index in [2.05, 4.69) is 22.5 Å². The molecule has 0 spiro atoms. The molecular formula is C19H25N3O. The topological polar surface area (TPSA) is 54.0 Å². The summed E-state index contributed by atoms with van der Waals surface area (Å²) >= 11 is 0. The first-order valence-electron chi connectivity index (χ1n) is 8.22. The minimum absolute atomic E-state index is 0.0791. The molecule has 0 atom stereocenters. The molecular weight excluding hydrogens is 286 g/mol. The van der Waals surface area contributed by atoms with Crippen molar-refractivity contribution in [1.29, 1.82) is 0 Å². The van der Waals surface area contributed by atoms with Crippen molar-refractivity contribution in [3.63, 3.8) is 0 Å². The summed E-state index contributed by atoms with van der Waals surface area (Å²) in [5.74, 6) is 0.675. The summed E-state index contributed by atoms with van der Waals surface area (Å²) in [7, 11) is 0. The molecule has 2 N–H and O–H groups in total. The zero-order valence-corrected chi connectivity index (χ0v) is 13.9. The second-order valence-corrected chi connectivity index (χ2v) is 5.73. The molecule has 2 aromatic rings. The van der Waals surface area contributed by atoms with Crippen LogP contribution in [0.1, 0.15) is 47.7 Å². The van der Waals surface area contributed by atoms with E-state index >= 15 is 0 Å². The lowest BCUT2D eigenvalue weighted by Crippen LogP contribution is -2.23. The molecule has 0 aliphatic heterocycles. The number of nitrogens with zero attached hydrogens (tertiary/aromatic N) is 1. The average molecular weight is 311 g/mol. The van der Waals surface area contributed by atoms with Crippen molar-refractivity contribution in [2.24, 2.45) is 0 Å². The molecule has 4 heteroatoms. The number of pyridine rings is 1. The minimum atomic E-state index is -0.0791. The second-order valence-electron chi connectivity index (χ2n) is 5.73. The second kappa shape index (κ2) is 8.93. The third-order valence-electron chi connectivity index (χ3n) is 3.68. The molecule has 0 aliphatic carbocycles. The van der Waals surface area contributed by atoms with Gasteiger partial charge in [0.05, 0.1) is 0 Å². The molecule has 0 fully saturated rings. The van der Waals surface area contributed by atoms with Gasteiger partial charge < -0.3 is 10.6 Å². The van der Waals surface area contributed by atoms with Gasteiger partial charge in [0, 0.05) is 24.8 Å². The van der Waals surface area contributed by atoms with Gasteiger partial charge in [-0.1, -0.05) is 49.6 Å².